The van der Waals surface area contributed by atoms with Gasteiger partial charge in [0.1, 0.15) is 18.0 Å². The van der Waals surface area contributed by atoms with Gasteiger partial charge in [-0.3, -0.25) is 29.4 Å². The summed E-state index contributed by atoms with van der Waals surface area (Å²) in [6.07, 6.45) is 4.81. The molecule has 2 aliphatic rings. The highest BCUT2D eigenvalue weighted by Gasteiger charge is 2.30. The number of amides is 4. The van der Waals surface area contributed by atoms with Crippen molar-refractivity contribution in [3.63, 3.8) is 0 Å². The lowest BCUT2D eigenvalue weighted by molar-refractivity contribution is -0.125. The molecule has 4 heterocycles. The van der Waals surface area contributed by atoms with Gasteiger partial charge in [-0.15, -0.1) is 0 Å². The van der Waals surface area contributed by atoms with Gasteiger partial charge in [-0.1, -0.05) is 58.0 Å². The number of methoxy groups -OCH3 is 1. The zero-order valence-corrected chi connectivity index (χ0v) is 27.8. The number of rotatable bonds is 10. The van der Waals surface area contributed by atoms with Crippen LogP contribution in [0.25, 0.3) is 6.08 Å². The van der Waals surface area contributed by atoms with E-state index in [9.17, 15) is 19.2 Å². The van der Waals surface area contributed by atoms with Crippen molar-refractivity contribution < 1.29 is 23.9 Å². The summed E-state index contributed by atoms with van der Waals surface area (Å²) in [5, 5.41) is 19.8. The molecule has 13 nitrogen and oxygen atoms in total. The minimum atomic E-state index is -0.154. The van der Waals surface area contributed by atoms with Crippen LogP contribution in [-0.2, 0) is 14.3 Å². The van der Waals surface area contributed by atoms with Gasteiger partial charge < -0.3 is 25.2 Å². The molecule has 4 N–H and O–H groups in total. The van der Waals surface area contributed by atoms with E-state index in [-0.39, 0.29) is 42.3 Å². The average Bonchev–Trinajstić information content (AvgIpc) is 3.88. The van der Waals surface area contributed by atoms with Gasteiger partial charge in [0.25, 0.3) is 11.8 Å². The van der Waals surface area contributed by atoms with E-state index in [1.807, 2.05) is 64.1 Å². The molecule has 0 bridgehead atoms. The highest BCUT2D eigenvalue weighted by atomic mass is 16.5. The minimum absolute atomic E-state index is 0.0138. The largest absolute Gasteiger partial charge is 0.375 e. The Hall–Kier alpha value is -4.78. The lowest BCUT2D eigenvalue weighted by Crippen LogP contribution is -2.40. The van der Waals surface area contributed by atoms with Gasteiger partial charge in [0.2, 0.25) is 11.8 Å². The van der Waals surface area contributed by atoms with Crippen LogP contribution in [0.4, 0.5) is 0 Å². The molecule has 2 aromatic heterocycles. The molecule has 2 saturated heterocycles. The van der Waals surface area contributed by atoms with Gasteiger partial charge in [0, 0.05) is 62.8 Å². The van der Waals surface area contributed by atoms with Crippen molar-refractivity contribution in [1.82, 2.24) is 40.8 Å². The Morgan fingerprint density at radius 1 is 0.851 bits per heavy atom. The summed E-state index contributed by atoms with van der Waals surface area (Å²) >= 11 is 0. The van der Waals surface area contributed by atoms with Crippen LogP contribution in [0.15, 0.2) is 48.5 Å². The summed E-state index contributed by atoms with van der Waals surface area (Å²) in [7, 11) is 1.48. The molecule has 13 heteroatoms. The number of aromatic amines is 2. The monoisotopic (exact) mass is 646 g/mol. The number of hydrogen-bond acceptors (Lipinski definition) is 7. The molecule has 2 atom stereocenters. The van der Waals surface area contributed by atoms with Crippen molar-refractivity contribution in [3.05, 3.63) is 76.9 Å². The summed E-state index contributed by atoms with van der Waals surface area (Å²) in [4.78, 5) is 51.9. The fourth-order valence-corrected chi connectivity index (χ4v) is 5.32. The first-order chi connectivity index (χ1) is 22.5. The highest BCUT2D eigenvalue weighted by Crippen LogP contribution is 2.18. The average molecular weight is 647 g/mol. The standard InChI is InChI=1S/C20H24N4O2.C14H22N4O3/c1-14(2)17-12-18(23-22-17)20(26)24-11-10-16(13-24)21-19(25)9-8-15-6-4-3-5-7-15;1-9(2)11-6-12(17-16-11)14(20)18-5-4-10(7-18)15-13(19)8-21-3/h3-9,12,14,16H,10-11,13H2,1-2H3,(H,21,25)(H,22,23);6,9-10H,4-5,7-8H2,1-3H3,(H,15,19)(H,16,17)/b9-8+;. The van der Waals surface area contributed by atoms with Crippen LogP contribution in [0.5, 0.6) is 0 Å². The van der Waals surface area contributed by atoms with E-state index < -0.39 is 0 Å². The molecule has 0 aliphatic carbocycles. The van der Waals surface area contributed by atoms with E-state index in [0.717, 1.165) is 29.8 Å². The molecule has 1 aromatic carbocycles. The normalized spacial score (nSPS) is 17.7. The molecule has 2 unspecified atom stereocenters. The van der Waals surface area contributed by atoms with Crippen molar-refractivity contribution in [2.75, 3.05) is 39.9 Å². The Kier molecular flexibility index (Phi) is 12.5. The number of benzene rings is 1. The van der Waals surface area contributed by atoms with Crippen LogP contribution in [0, 0.1) is 0 Å². The van der Waals surface area contributed by atoms with Crippen molar-refractivity contribution in [2.45, 2.75) is 64.5 Å². The third-order valence-electron chi connectivity index (χ3n) is 8.04. The van der Waals surface area contributed by atoms with Gasteiger partial charge in [-0.2, -0.15) is 10.2 Å². The van der Waals surface area contributed by atoms with E-state index >= 15 is 0 Å². The number of likely N-dealkylation sites (tertiary alicyclic amines) is 2. The van der Waals surface area contributed by atoms with Crippen LogP contribution >= 0.6 is 0 Å². The third kappa shape index (κ3) is 10.1. The van der Waals surface area contributed by atoms with Crippen molar-refractivity contribution >= 4 is 29.7 Å². The molecule has 0 radical (unpaired) electrons. The summed E-state index contributed by atoms with van der Waals surface area (Å²) in [5.41, 5.74) is 3.74. The van der Waals surface area contributed by atoms with E-state index in [1.54, 1.807) is 21.9 Å². The predicted octanol–water partition coefficient (Wildman–Crippen LogP) is 3.09. The van der Waals surface area contributed by atoms with Crippen molar-refractivity contribution in [2.24, 2.45) is 0 Å². The van der Waals surface area contributed by atoms with Crippen LogP contribution in [0.2, 0.25) is 0 Å². The Bertz CT molecular complexity index is 1530. The molecule has 252 valence electrons. The number of carbonyl (C=O) groups excluding carboxylic acids is 4. The number of carbonyl (C=O) groups is 4. The highest BCUT2D eigenvalue weighted by molar-refractivity contribution is 5.94. The Morgan fingerprint density at radius 2 is 1.36 bits per heavy atom. The Morgan fingerprint density at radius 3 is 1.83 bits per heavy atom. The summed E-state index contributed by atoms with van der Waals surface area (Å²) in [5.74, 6) is 0.116. The number of hydrogen-bond donors (Lipinski definition) is 4. The van der Waals surface area contributed by atoms with Crippen molar-refractivity contribution in [3.8, 4) is 0 Å². The molecule has 2 fully saturated rings. The third-order valence-corrected chi connectivity index (χ3v) is 8.04. The number of H-pyrrole nitrogens is 2. The second kappa shape index (κ2) is 16.7. The lowest BCUT2D eigenvalue weighted by atomic mass is 10.1. The predicted molar refractivity (Wildman–Crippen MR) is 178 cm³/mol. The molecule has 3 aromatic rings. The Labute approximate surface area is 275 Å². The molecule has 47 heavy (non-hydrogen) atoms. The topological polar surface area (TPSA) is 165 Å². The van der Waals surface area contributed by atoms with Crippen LogP contribution in [0.3, 0.4) is 0 Å². The molecular formula is C34H46N8O5. The number of ether oxygens (including phenoxy) is 1. The Balaban J connectivity index is 0.000000218. The quantitative estimate of drug-likeness (QED) is 0.246. The minimum Gasteiger partial charge on any atom is -0.375 e. The number of nitrogens with zero attached hydrogens (tertiary/aromatic N) is 4. The summed E-state index contributed by atoms with van der Waals surface area (Å²) in [6, 6.07) is 13.2. The fourth-order valence-electron chi connectivity index (χ4n) is 5.32. The molecule has 0 saturated carbocycles. The van der Waals surface area contributed by atoms with Gasteiger partial charge >= 0.3 is 0 Å². The van der Waals surface area contributed by atoms with Crippen LogP contribution in [0.1, 0.15) is 90.3 Å². The molecule has 0 spiro atoms. The first kappa shape index (κ1) is 35.1. The van der Waals surface area contributed by atoms with Gasteiger partial charge in [-0.25, -0.2) is 0 Å². The SMILES string of the molecule is CC(C)c1cc(C(=O)N2CCC(NC(=O)/C=C/c3ccccc3)C2)n[nH]1.COCC(=O)NC1CCN(C(=O)c2cc(C(C)C)[nH]n2)C1. The molecule has 2 aliphatic heterocycles. The van der Waals surface area contributed by atoms with Gasteiger partial charge in [0.05, 0.1) is 0 Å². The second-order valence-electron chi connectivity index (χ2n) is 12.5. The summed E-state index contributed by atoms with van der Waals surface area (Å²) in [6.45, 7) is 10.5. The molecule has 4 amide bonds. The van der Waals surface area contributed by atoms with Crippen LogP contribution in [-0.4, -0.2) is 106 Å². The second-order valence-corrected chi connectivity index (χ2v) is 12.5. The first-order valence-electron chi connectivity index (χ1n) is 16.0. The first-order valence-corrected chi connectivity index (χ1v) is 16.0. The van der Waals surface area contributed by atoms with E-state index in [0.29, 0.717) is 49.4 Å². The zero-order chi connectivity index (χ0) is 33.9. The maximum absolute atomic E-state index is 12.5. The molecular weight excluding hydrogens is 600 g/mol. The summed E-state index contributed by atoms with van der Waals surface area (Å²) < 4.78 is 4.78. The number of nitrogens with one attached hydrogen (secondary N) is 4. The van der Waals surface area contributed by atoms with Gasteiger partial charge in [0.15, 0.2) is 0 Å². The number of aromatic nitrogens is 4. The maximum atomic E-state index is 12.5. The van der Waals surface area contributed by atoms with E-state index in [1.165, 1.54) is 13.2 Å². The van der Waals surface area contributed by atoms with E-state index in [2.05, 4.69) is 31.0 Å². The lowest BCUT2D eigenvalue weighted by Gasteiger charge is -2.15. The fraction of sp³-hybridized carbons (Fsp3) is 0.471. The van der Waals surface area contributed by atoms with Gasteiger partial charge in [-0.05, 0) is 48.4 Å². The maximum Gasteiger partial charge on any atom is 0.274 e. The molecule has 5 rings (SSSR count). The van der Waals surface area contributed by atoms with E-state index in [4.69, 9.17) is 4.74 Å². The smallest absolute Gasteiger partial charge is 0.274 e. The van der Waals surface area contributed by atoms with Crippen molar-refractivity contribution in [1.29, 1.82) is 0 Å². The van der Waals surface area contributed by atoms with Crippen LogP contribution < -0.4 is 10.6 Å². The zero-order valence-electron chi connectivity index (χ0n) is 27.8.